The van der Waals surface area contributed by atoms with E-state index in [0.717, 1.165) is 57.2 Å². The minimum Gasteiger partial charge on any atom is -0.358 e. The van der Waals surface area contributed by atoms with Gasteiger partial charge in [0.15, 0.2) is 0 Å². The van der Waals surface area contributed by atoms with Crippen molar-refractivity contribution in [3.63, 3.8) is 0 Å². The SMILES string of the molecule is CC(C)c1ccccc1-c1ccnc(-n2c3[c-]c(N(c4[c-]c(N5CN(C(C)C)c6ccccc65)ccc4)c4ccccc4)ccc3c3ccccc32)c1.[Pt+2]. The molecule has 1 aliphatic rings. The third kappa shape index (κ3) is 6.17. The third-order valence-electron chi connectivity index (χ3n) is 10.4. The standard InChI is InChI=1S/C48H41N5.Pt/c1-33(2)40-19-8-9-20-41(40)35-27-28-49-48(29-35)53-44-22-11-10-21-42(44)43-26-25-39(31-47(43)53)52(36-15-6-5-7-16-36)38-18-14-17-37(30-38)51-32-50(34(3)4)45-23-12-13-24-46(45)51;/h5-29,33-34H,32H2,1-4H3;/q-2;+2. The molecule has 5 nitrogen and oxygen atoms in total. The molecule has 6 heteroatoms. The van der Waals surface area contributed by atoms with Crippen molar-refractivity contribution in [1.29, 1.82) is 0 Å². The van der Waals surface area contributed by atoms with E-state index in [4.69, 9.17) is 4.98 Å². The van der Waals surface area contributed by atoms with Gasteiger partial charge in [0, 0.05) is 23.4 Å². The molecule has 0 bridgehead atoms. The molecule has 1 aliphatic heterocycles. The number of para-hydroxylation sites is 4. The Morgan fingerprint density at radius 1 is 0.648 bits per heavy atom. The Balaban J connectivity index is 0.00000413. The molecular weight excluding hydrogens is 842 g/mol. The van der Waals surface area contributed by atoms with E-state index >= 15 is 0 Å². The van der Waals surface area contributed by atoms with Gasteiger partial charge in [0.2, 0.25) is 0 Å². The Hall–Kier alpha value is -5.64. The first kappa shape index (κ1) is 35.4. The van der Waals surface area contributed by atoms with E-state index in [1.807, 2.05) is 6.20 Å². The van der Waals surface area contributed by atoms with Crippen LogP contribution in [-0.4, -0.2) is 22.3 Å². The molecule has 0 N–H and O–H groups in total. The maximum absolute atomic E-state index is 4.98. The maximum Gasteiger partial charge on any atom is 2.00 e. The van der Waals surface area contributed by atoms with E-state index in [1.165, 1.54) is 27.9 Å². The summed E-state index contributed by atoms with van der Waals surface area (Å²) < 4.78 is 2.26. The van der Waals surface area contributed by atoms with Gasteiger partial charge in [0.25, 0.3) is 0 Å². The van der Waals surface area contributed by atoms with Crippen LogP contribution in [0.3, 0.4) is 0 Å². The van der Waals surface area contributed by atoms with Crippen LogP contribution < -0.4 is 14.7 Å². The fourth-order valence-electron chi connectivity index (χ4n) is 7.83. The van der Waals surface area contributed by atoms with Crippen LogP contribution in [0.15, 0.2) is 152 Å². The number of anilines is 6. The first-order chi connectivity index (χ1) is 26.0. The molecule has 3 heterocycles. The Labute approximate surface area is 332 Å². The topological polar surface area (TPSA) is 27.5 Å². The molecule has 9 rings (SSSR count). The fraction of sp³-hybridized carbons (Fsp3) is 0.146. The summed E-state index contributed by atoms with van der Waals surface area (Å²) >= 11 is 0. The molecule has 268 valence electrons. The Bertz CT molecular complexity index is 2590. The van der Waals surface area contributed by atoms with Crippen LogP contribution >= 0.6 is 0 Å². The van der Waals surface area contributed by atoms with Gasteiger partial charge in [-0.3, -0.25) is 0 Å². The number of benzene rings is 6. The van der Waals surface area contributed by atoms with Gasteiger partial charge in [-0.25, -0.2) is 4.98 Å². The molecule has 0 saturated carbocycles. The molecule has 0 unspecified atom stereocenters. The monoisotopic (exact) mass is 882 g/mol. The second kappa shape index (κ2) is 14.6. The van der Waals surface area contributed by atoms with Crippen molar-refractivity contribution in [1.82, 2.24) is 9.55 Å². The average molecular weight is 883 g/mol. The molecule has 6 aromatic carbocycles. The summed E-state index contributed by atoms with van der Waals surface area (Å²) in [5.74, 6) is 1.27. The summed E-state index contributed by atoms with van der Waals surface area (Å²) in [6.45, 7) is 9.77. The van der Waals surface area contributed by atoms with Gasteiger partial charge in [-0.15, -0.1) is 35.7 Å². The molecule has 0 aliphatic carbocycles. The summed E-state index contributed by atoms with van der Waals surface area (Å²) in [6.07, 6.45) is 1.93. The van der Waals surface area contributed by atoms with E-state index in [0.29, 0.717) is 12.0 Å². The number of hydrogen-bond acceptors (Lipinski definition) is 4. The van der Waals surface area contributed by atoms with E-state index in [2.05, 4.69) is 205 Å². The second-order valence-electron chi connectivity index (χ2n) is 14.3. The molecular formula is C48H41N5Pt. The van der Waals surface area contributed by atoms with Crippen LogP contribution in [-0.2, 0) is 21.1 Å². The number of fused-ring (bicyclic) bond motifs is 4. The van der Waals surface area contributed by atoms with Gasteiger partial charge in [-0.2, -0.15) is 12.1 Å². The van der Waals surface area contributed by atoms with Crippen molar-refractivity contribution in [3.8, 4) is 16.9 Å². The average Bonchev–Trinajstić information content (AvgIpc) is 3.75. The zero-order valence-corrected chi connectivity index (χ0v) is 33.1. The van der Waals surface area contributed by atoms with E-state index in [-0.39, 0.29) is 21.1 Å². The zero-order valence-electron chi connectivity index (χ0n) is 30.8. The minimum absolute atomic E-state index is 0. The molecule has 0 radical (unpaired) electrons. The van der Waals surface area contributed by atoms with Crippen molar-refractivity contribution < 1.29 is 21.1 Å². The van der Waals surface area contributed by atoms with Gasteiger partial charge in [0.05, 0.1) is 18.0 Å². The van der Waals surface area contributed by atoms with Crippen molar-refractivity contribution in [3.05, 3.63) is 169 Å². The summed E-state index contributed by atoms with van der Waals surface area (Å²) in [6, 6.07) is 59.8. The van der Waals surface area contributed by atoms with Crippen LogP contribution in [0.1, 0.15) is 39.2 Å². The van der Waals surface area contributed by atoms with E-state index < -0.39 is 0 Å². The number of nitrogens with zero attached hydrogens (tertiary/aromatic N) is 5. The molecule has 2 aromatic heterocycles. The van der Waals surface area contributed by atoms with Crippen molar-refractivity contribution >= 4 is 55.9 Å². The molecule has 0 spiro atoms. The molecule has 0 atom stereocenters. The normalized spacial score (nSPS) is 12.5. The van der Waals surface area contributed by atoms with Crippen LogP contribution in [0.25, 0.3) is 38.8 Å². The van der Waals surface area contributed by atoms with Gasteiger partial charge < -0.3 is 19.3 Å². The zero-order chi connectivity index (χ0) is 36.1. The summed E-state index contributed by atoms with van der Waals surface area (Å²) in [7, 11) is 0. The first-order valence-electron chi connectivity index (χ1n) is 18.5. The number of aromatic nitrogens is 2. The summed E-state index contributed by atoms with van der Waals surface area (Å²) in [4.78, 5) is 12.0. The quantitative estimate of drug-likeness (QED) is 0.142. The maximum atomic E-state index is 4.98. The first-order valence-corrected chi connectivity index (χ1v) is 18.5. The van der Waals surface area contributed by atoms with Crippen molar-refractivity contribution in [2.24, 2.45) is 0 Å². The number of hydrogen-bond donors (Lipinski definition) is 0. The molecule has 0 saturated heterocycles. The van der Waals surface area contributed by atoms with Crippen LogP contribution in [0.2, 0.25) is 0 Å². The van der Waals surface area contributed by atoms with Crippen LogP contribution in [0.5, 0.6) is 0 Å². The predicted molar refractivity (Wildman–Crippen MR) is 222 cm³/mol. The van der Waals surface area contributed by atoms with Crippen molar-refractivity contribution in [2.75, 3.05) is 21.4 Å². The molecule has 0 amide bonds. The number of rotatable bonds is 8. The third-order valence-corrected chi connectivity index (χ3v) is 10.4. The molecule has 0 fully saturated rings. The Morgan fingerprint density at radius 3 is 2.19 bits per heavy atom. The molecule has 8 aromatic rings. The number of pyridine rings is 1. The van der Waals surface area contributed by atoms with Gasteiger partial charge in [-0.1, -0.05) is 109 Å². The Morgan fingerprint density at radius 2 is 1.37 bits per heavy atom. The fourth-order valence-corrected chi connectivity index (χ4v) is 7.83. The Kier molecular flexibility index (Phi) is 9.60. The predicted octanol–water partition coefficient (Wildman–Crippen LogP) is 12.4. The van der Waals surface area contributed by atoms with E-state index in [1.54, 1.807) is 0 Å². The van der Waals surface area contributed by atoms with Gasteiger partial charge in [-0.05, 0) is 84.3 Å². The van der Waals surface area contributed by atoms with Gasteiger partial charge >= 0.3 is 21.1 Å². The smallest absolute Gasteiger partial charge is 0.358 e. The second-order valence-corrected chi connectivity index (χ2v) is 14.3. The van der Waals surface area contributed by atoms with Crippen molar-refractivity contribution in [2.45, 2.75) is 39.7 Å². The minimum atomic E-state index is 0. The van der Waals surface area contributed by atoms with Gasteiger partial charge in [0.1, 0.15) is 5.82 Å². The molecule has 54 heavy (non-hydrogen) atoms. The van der Waals surface area contributed by atoms with Crippen LogP contribution in [0, 0.1) is 12.1 Å². The summed E-state index contributed by atoms with van der Waals surface area (Å²) in [5.41, 5.74) is 12.2. The van der Waals surface area contributed by atoms with Crippen LogP contribution in [0.4, 0.5) is 34.1 Å². The largest absolute Gasteiger partial charge is 2.00 e. The summed E-state index contributed by atoms with van der Waals surface area (Å²) in [5, 5.41) is 2.30. The van der Waals surface area contributed by atoms with E-state index in [9.17, 15) is 0 Å².